The monoisotopic (exact) mass is 334 g/mol. The zero-order valence-electron chi connectivity index (χ0n) is 15.8. The van der Waals surface area contributed by atoms with Gasteiger partial charge in [0.1, 0.15) is 0 Å². The van der Waals surface area contributed by atoms with Gasteiger partial charge in [0.15, 0.2) is 5.96 Å². The highest BCUT2D eigenvalue weighted by Crippen LogP contribution is 2.16. The van der Waals surface area contributed by atoms with Crippen LogP contribution in [0.1, 0.15) is 38.9 Å². The minimum Gasteiger partial charge on any atom is -0.388 e. The number of rotatable bonds is 9. The predicted molar refractivity (Wildman–Crippen MR) is 102 cm³/mol. The summed E-state index contributed by atoms with van der Waals surface area (Å²) in [7, 11) is 4.17. The minimum absolute atomic E-state index is 0.120. The lowest BCUT2D eigenvalue weighted by Gasteiger charge is -2.27. The fourth-order valence-corrected chi connectivity index (χ4v) is 2.71. The maximum absolute atomic E-state index is 10.2. The smallest absolute Gasteiger partial charge is 0.191 e. The first-order valence-electron chi connectivity index (χ1n) is 8.74. The minimum atomic E-state index is -0.452. The third-order valence-corrected chi connectivity index (χ3v) is 3.65. The summed E-state index contributed by atoms with van der Waals surface area (Å²) in [6.45, 7) is 9.74. The lowest BCUT2D eigenvalue weighted by atomic mass is 9.93. The number of benzene rings is 1. The molecular weight excluding hydrogens is 300 g/mol. The number of hydrogen-bond acceptors (Lipinski definition) is 3. The van der Waals surface area contributed by atoms with Crippen LogP contribution in [0.4, 0.5) is 0 Å². The second-order valence-corrected chi connectivity index (χ2v) is 7.24. The fraction of sp³-hybridized carbons (Fsp3) is 0.632. The van der Waals surface area contributed by atoms with E-state index in [2.05, 4.69) is 50.4 Å². The Bertz CT molecular complexity index is 485. The molecule has 0 aliphatic heterocycles. The van der Waals surface area contributed by atoms with Crippen LogP contribution in [0.5, 0.6) is 0 Å². The molecule has 0 saturated heterocycles. The van der Waals surface area contributed by atoms with Crippen molar-refractivity contribution in [1.82, 2.24) is 15.5 Å². The van der Waals surface area contributed by atoms with Gasteiger partial charge in [0.05, 0.1) is 6.10 Å². The molecule has 0 aromatic heterocycles. The molecule has 1 unspecified atom stereocenters. The van der Waals surface area contributed by atoms with Crippen LogP contribution >= 0.6 is 0 Å². The van der Waals surface area contributed by atoms with E-state index in [4.69, 9.17) is 4.99 Å². The van der Waals surface area contributed by atoms with E-state index in [0.29, 0.717) is 13.0 Å². The van der Waals surface area contributed by atoms with Gasteiger partial charge in [-0.1, -0.05) is 44.2 Å². The Labute approximate surface area is 147 Å². The number of guanidine groups is 1. The molecule has 0 amide bonds. The number of nitrogens with zero attached hydrogens (tertiary/aromatic N) is 2. The highest BCUT2D eigenvalue weighted by molar-refractivity contribution is 5.79. The fourth-order valence-electron chi connectivity index (χ4n) is 2.71. The van der Waals surface area contributed by atoms with Crippen molar-refractivity contribution in [3.63, 3.8) is 0 Å². The molecule has 0 saturated carbocycles. The van der Waals surface area contributed by atoms with Crippen molar-refractivity contribution in [2.24, 2.45) is 10.4 Å². The van der Waals surface area contributed by atoms with E-state index in [1.165, 1.54) is 0 Å². The average molecular weight is 335 g/mol. The molecule has 1 aromatic carbocycles. The molecule has 24 heavy (non-hydrogen) atoms. The van der Waals surface area contributed by atoms with Crippen molar-refractivity contribution in [2.45, 2.75) is 33.3 Å². The van der Waals surface area contributed by atoms with Crippen molar-refractivity contribution in [3.05, 3.63) is 35.9 Å². The molecule has 0 aliphatic carbocycles. The molecule has 5 nitrogen and oxygen atoms in total. The first kappa shape index (κ1) is 20.5. The van der Waals surface area contributed by atoms with Crippen molar-refractivity contribution in [1.29, 1.82) is 0 Å². The number of hydrogen-bond donors (Lipinski definition) is 3. The van der Waals surface area contributed by atoms with Crippen LogP contribution in [0.3, 0.4) is 0 Å². The molecule has 0 fully saturated rings. The maximum atomic E-state index is 10.2. The molecule has 0 aliphatic rings. The van der Waals surface area contributed by atoms with Gasteiger partial charge in [0.25, 0.3) is 0 Å². The Morgan fingerprint density at radius 1 is 1.21 bits per heavy atom. The highest BCUT2D eigenvalue weighted by Gasteiger charge is 2.18. The summed E-state index contributed by atoms with van der Waals surface area (Å²) >= 11 is 0. The summed E-state index contributed by atoms with van der Waals surface area (Å²) in [5, 5.41) is 16.8. The molecule has 1 rings (SSSR count). The summed E-state index contributed by atoms with van der Waals surface area (Å²) in [4.78, 5) is 6.88. The van der Waals surface area contributed by atoms with E-state index in [9.17, 15) is 5.11 Å². The average Bonchev–Trinajstić information content (AvgIpc) is 2.52. The molecule has 0 bridgehead atoms. The summed E-state index contributed by atoms with van der Waals surface area (Å²) in [5.74, 6) is 0.810. The predicted octanol–water partition coefficient (Wildman–Crippen LogP) is 2.25. The van der Waals surface area contributed by atoms with Crippen LogP contribution in [0.2, 0.25) is 0 Å². The largest absolute Gasteiger partial charge is 0.388 e. The molecule has 0 radical (unpaired) electrons. The Morgan fingerprint density at radius 3 is 2.46 bits per heavy atom. The molecule has 5 heteroatoms. The lowest BCUT2D eigenvalue weighted by molar-refractivity contribution is 0.168. The topological polar surface area (TPSA) is 59.9 Å². The standard InChI is InChI=1S/C19H34N4O/c1-6-20-18(22-14-19(2,3)15-23(4)5)21-13-12-17(24)16-10-8-7-9-11-16/h7-11,17,24H,6,12-15H2,1-5H3,(H2,20,21,22). The first-order chi connectivity index (χ1) is 11.3. The van der Waals surface area contributed by atoms with Gasteiger partial charge < -0.3 is 20.6 Å². The Kier molecular flexibility index (Phi) is 8.79. The third kappa shape index (κ3) is 8.31. The quantitative estimate of drug-likeness (QED) is 0.479. The van der Waals surface area contributed by atoms with Crippen LogP contribution < -0.4 is 10.6 Å². The van der Waals surface area contributed by atoms with Crippen molar-refractivity contribution in [3.8, 4) is 0 Å². The lowest BCUT2D eigenvalue weighted by Crippen LogP contribution is -2.39. The molecule has 3 N–H and O–H groups in total. The van der Waals surface area contributed by atoms with Crippen LogP contribution in [0.25, 0.3) is 0 Å². The highest BCUT2D eigenvalue weighted by atomic mass is 16.3. The molecule has 1 aromatic rings. The van der Waals surface area contributed by atoms with Crippen molar-refractivity contribution >= 4 is 5.96 Å². The van der Waals surface area contributed by atoms with E-state index in [0.717, 1.165) is 31.2 Å². The molecule has 0 heterocycles. The summed E-state index contributed by atoms with van der Waals surface area (Å²) in [6.07, 6.45) is 0.196. The first-order valence-corrected chi connectivity index (χ1v) is 8.74. The summed E-state index contributed by atoms with van der Waals surface area (Å²) in [6, 6.07) is 9.76. The summed E-state index contributed by atoms with van der Waals surface area (Å²) in [5.41, 5.74) is 1.07. The number of aliphatic hydroxyl groups excluding tert-OH is 1. The van der Waals surface area contributed by atoms with E-state index < -0.39 is 6.10 Å². The third-order valence-electron chi connectivity index (χ3n) is 3.65. The van der Waals surface area contributed by atoms with Crippen LogP contribution in [-0.2, 0) is 0 Å². The Balaban J connectivity index is 2.49. The van der Waals surface area contributed by atoms with Gasteiger partial charge >= 0.3 is 0 Å². The van der Waals surface area contributed by atoms with Gasteiger partial charge in [0, 0.05) is 26.2 Å². The second kappa shape index (κ2) is 10.3. The van der Waals surface area contributed by atoms with Gasteiger partial charge in [-0.25, -0.2) is 0 Å². The van der Waals surface area contributed by atoms with Gasteiger partial charge in [-0.05, 0) is 38.4 Å². The Morgan fingerprint density at radius 2 is 1.88 bits per heavy atom. The van der Waals surface area contributed by atoms with E-state index in [-0.39, 0.29) is 5.41 Å². The van der Waals surface area contributed by atoms with Crippen LogP contribution in [-0.4, -0.2) is 56.2 Å². The molecular formula is C19H34N4O. The SMILES string of the molecule is CCNC(=NCC(C)(C)CN(C)C)NCCC(O)c1ccccc1. The zero-order valence-corrected chi connectivity index (χ0v) is 15.8. The molecule has 0 spiro atoms. The van der Waals surface area contributed by atoms with Gasteiger partial charge in [-0.15, -0.1) is 0 Å². The van der Waals surface area contributed by atoms with E-state index in [1.54, 1.807) is 0 Å². The second-order valence-electron chi connectivity index (χ2n) is 7.24. The van der Waals surface area contributed by atoms with Gasteiger partial charge in [-0.3, -0.25) is 4.99 Å². The number of aliphatic imine (C=N–C) groups is 1. The normalized spacial score (nSPS) is 13.9. The van der Waals surface area contributed by atoms with Crippen molar-refractivity contribution in [2.75, 3.05) is 40.3 Å². The molecule has 1 atom stereocenters. The number of nitrogens with one attached hydrogen (secondary N) is 2. The maximum Gasteiger partial charge on any atom is 0.191 e. The number of aliphatic hydroxyl groups is 1. The molecule has 136 valence electrons. The van der Waals surface area contributed by atoms with E-state index in [1.807, 2.05) is 30.3 Å². The summed E-state index contributed by atoms with van der Waals surface area (Å²) < 4.78 is 0. The van der Waals surface area contributed by atoms with Gasteiger partial charge in [0.2, 0.25) is 0 Å². The van der Waals surface area contributed by atoms with E-state index >= 15 is 0 Å². The Hall–Kier alpha value is -1.59. The van der Waals surface area contributed by atoms with Crippen LogP contribution in [0.15, 0.2) is 35.3 Å². The van der Waals surface area contributed by atoms with Gasteiger partial charge in [-0.2, -0.15) is 0 Å². The van der Waals surface area contributed by atoms with Crippen molar-refractivity contribution < 1.29 is 5.11 Å². The zero-order chi connectivity index (χ0) is 18.0. The van der Waals surface area contributed by atoms with Crippen LogP contribution in [0, 0.1) is 5.41 Å².